The van der Waals surface area contributed by atoms with Gasteiger partial charge in [0, 0.05) is 16.8 Å². The van der Waals surface area contributed by atoms with Crippen LogP contribution in [0.25, 0.3) is 0 Å². The third-order valence-corrected chi connectivity index (χ3v) is 4.79. The molecular formula is C15H14ClFN2S. The summed E-state index contributed by atoms with van der Waals surface area (Å²) in [7, 11) is 0. The number of benzene rings is 1. The first-order valence-corrected chi connectivity index (χ1v) is 7.81. The average molecular weight is 309 g/mol. The number of nitrogens with zero attached hydrogens (tertiary/aromatic N) is 1. The van der Waals surface area contributed by atoms with Crippen LogP contribution in [-0.2, 0) is 0 Å². The molecule has 1 N–H and O–H groups in total. The van der Waals surface area contributed by atoms with Crippen molar-refractivity contribution in [3.05, 3.63) is 52.6 Å². The highest BCUT2D eigenvalue weighted by atomic mass is 35.5. The number of hydrogen-bond donors (Lipinski definition) is 1. The molecule has 0 aliphatic carbocycles. The molecule has 1 unspecified atom stereocenters. The number of hydrogen-bond acceptors (Lipinski definition) is 3. The summed E-state index contributed by atoms with van der Waals surface area (Å²) >= 11 is 7.69. The van der Waals surface area contributed by atoms with Crippen LogP contribution in [0.5, 0.6) is 0 Å². The van der Waals surface area contributed by atoms with Crippen molar-refractivity contribution < 1.29 is 4.39 Å². The van der Waals surface area contributed by atoms with Gasteiger partial charge in [-0.2, -0.15) is 0 Å². The second kappa shape index (κ2) is 5.62. The smallest absolute Gasteiger partial charge is 0.152 e. The first kappa shape index (κ1) is 13.7. The fourth-order valence-corrected chi connectivity index (χ4v) is 3.68. The maximum Gasteiger partial charge on any atom is 0.152 e. The Bertz CT molecular complexity index is 648. The van der Waals surface area contributed by atoms with Crippen LogP contribution in [-0.4, -0.2) is 10.7 Å². The summed E-state index contributed by atoms with van der Waals surface area (Å²) in [6.07, 6.45) is 2.67. The Morgan fingerprint density at radius 1 is 1.45 bits per heavy atom. The van der Waals surface area contributed by atoms with E-state index in [0.717, 1.165) is 33.9 Å². The van der Waals surface area contributed by atoms with Crippen LogP contribution in [0.2, 0.25) is 5.15 Å². The number of nitrogens with one attached hydrogen (secondary N) is 1. The Hall–Kier alpha value is -1.26. The normalized spacial score (nSPS) is 17.6. The summed E-state index contributed by atoms with van der Waals surface area (Å²) in [6.45, 7) is 1.97. The number of halogens is 2. The fraction of sp³-hybridized carbons (Fsp3) is 0.267. The van der Waals surface area contributed by atoms with Gasteiger partial charge < -0.3 is 5.32 Å². The lowest BCUT2D eigenvalue weighted by Crippen LogP contribution is -2.17. The Balaban J connectivity index is 1.94. The molecule has 1 aromatic heterocycles. The molecule has 1 aromatic carbocycles. The fourth-order valence-electron chi connectivity index (χ4n) is 2.38. The lowest BCUT2D eigenvalue weighted by atomic mass is 10.0. The van der Waals surface area contributed by atoms with Gasteiger partial charge in [-0.05, 0) is 36.6 Å². The van der Waals surface area contributed by atoms with Crippen molar-refractivity contribution in [2.75, 3.05) is 11.1 Å². The van der Waals surface area contributed by atoms with Crippen LogP contribution in [0.3, 0.4) is 0 Å². The Morgan fingerprint density at radius 2 is 2.30 bits per heavy atom. The second-order valence-electron chi connectivity index (χ2n) is 4.84. The van der Waals surface area contributed by atoms with E-state index in [9.17, 15) is 4.39 Å². The number of fused-ring (bicyclic) bond motifs is 1. The van der Waals surface area contributed by atoms with Gasteiger partial charge >= 0.3 is 0 Å². The molecule has 0 fully saturated rings. The lowest BCUT2D eigenvalue weighted by molar-refractivity contribution is 0.585. The molecule has 1 atom stereocenters. The molecule has 0 radical (unpaired) electrons. The molecule has 0 saturated carbocycles. The number of aryl methyl sites for hydroxylation is 1. The summed E-state index contributed by atoms with van der Waals surface area (Å²) in [5.74, 6) is 0.745. The van der Waals surface area contributed by atoms with Crippen molar-refractivity contribution in [1.29, 1.82) is 0 Å². The van der Waals surface area contributed by atoms with Gasteiger partial charge in [0.15, 0.2) is 5.15 Å². The summed E-state index contributed by atoms with van der Waals surface area (Å²) in [5, 5.41) is 3.85. The molecular weight excluding hydrogens is 295 g/mol. The topological polar surface area (TPSA) is 24.9 Å². The largest absolute Gasteiger partial charge is 0.376 e. The van der Waals surface area contributed by atoms with Gasteiger partial charge in [0.1, 0.15) is 5.82 Å². The van der Waals surface area contributed by atoms with Gasteiger partial charge in [0.05, 0.1) is 11.7 Å². The molecule has 2 aromatic rings. The minimum absolute atomic E-state index is 0.0723. The Morgan fingerprint density at radius 3 is 3.15 bits per heavy atom. The van der Waals surface area contributed by atoms with Gasteiger partial charge in [-0.3, -0.25) is 0 Å². The summed E-state index contributed by atoms with van der Waals surface area (Å²) in [5.41, 5.74) is 2.85. The molecule has 1 aliphatic heterocycles. The molecule has 5 heteroatoms. The summed E-state index contributed by atoms with van der Waals surface area (Å²) in [6, 6.07) is 7.28. The third-order valence-electron chi connectivity index (χ3n) is 3.33. The number of thioether (sulfide) groups is 1. The van der Waals surface area contributed by atoms with Crippen LogP contribution in [0.4, 0.5) is 10.1 Å². The van der Waals surface area contributed by atoms with Crippen molar-refractivity contribution >= 4 is 29.1 Å². The Labute approximate surface area is 126 Å². The highest BCUT2D eigenvalue weighted by molar-refractivity contribution is 7.99. The molecule has 20 heavy (non-hydrogen) atoms. The van der Waals surface area contributed by atoms with Crippen molar-refractivity contribution in [3.8, 4) is 0 Å². The van der Waals surface area contributed by atoms with Crippen LogP contribution >= 0.6 is 23.4 Å². The molecule has 3 rings (SSSR count). The zero-order valence-corrected chi connectivity index (χ0v) is 12.6. The van der Waals surface area contributed by atoms with E-state index in [2.05, 4.69) is 10.3 Å². The van der Waals surface area contributed by atoms with Crippen LogP contribution in [0.1, 0.15) is 23.6 Å². The van der Waals surface area contributed by atoms with Crippen molar-refractivity contribution in [2.24, 2.45) is 0 Å². The predicted octanol–water partition coefficient (Wildman–Crippen LogP) is 4.83. The second-order valence-corrected chi connectivity index (χ2v) is 6.31. The SMILES string of the molecule is Cc1cnc(Cl)c(NC2CCSc3c(F)cccc32)c1. The molecule has 0 saturated heterocycles. The standard InChI is InChI=1S/C15H14ClFN2S/c1-9-7-13(15(16)18-8-9)19-12-5-6-20-14-10(12)3-2-4-11(14)17/h2-4,7-8,12,19H,5-6H2,1H3. The van der Waals surface area contributed by atoms with E-state index < -0.39 is 0 Å². The molecule has 0 amide bonds. The minimum atomic E-state index is -0.146. The maximum absolute atomic E-state index is 13.8. The van der Waals surface area contributed by atoms with E-state index in [-0.39, 0.29) is 11.9 Å². The predicted molar refractivity (Wildman–Crippen MR) is 82.1 cm³/mol. The number of aromatic nitrogens is 1. The number of pyridine rings is 1. The first-order valence-electron chi connectivity index (χ1n) is 6.45. The first-order chi connectivity index (χ1) is 9.65. The third kappa shape index (κ3) is 2.63. The summed E-state index contributed by atoms with van der Waals surface area (Å²) in [4.78, 5) is 4.88. The average Bonchev–Trinajstić information content (AvgIpc) is 2.44. The molecule has 2 heterocycles. The highest BCUT2D eigenvalue weighted by Gasteiger charge is 2.23. The van der Waals surface area contributed by atoms with Crippen molar-refractivity contribution in [3.63, 3.8) is 0 Å². The molecule has 0 spiro atoms. The number of rotatable bonds is 2. The zero-order valence-electron chi connectivity index (χ0n) is 11.0. The van der Waals surface area contributed by atoms with E-state index in [0.29, 0.717) is 5.15 Å². The zero-order chi connectivity index (χ0) is 14.1. The van der Waals surface area contributed by atoms with Crippen LogP contribution in [0, 0.1) is 12.7 Å². The minimum Gasteiger partial charge on any atom is -0.376 e. The van der Waals surface area contributed by atoms with Gasteiger partial charge in [0.2, 0.25) is 0 Å². The van der Waals surface area contributed by atoms with E-state index in [4.69, 9.17) is 11.6 Å². The molecule has 1 aliphatic rings. The Kier molecular flexibility index (Phi) is 3.85. The van der Waals surface area contributed by atoms with Gasteiger partial charge in [-0.25, -0.2) is 9.37 Å². The molecule has 0 bridgehead atoms. The summed E-state index contributed by atoms with van der Waals surface area (Å²) < 4.78 is 13.8. The van der Waals surface area contributed by atoms with Gasteiger partial charge in [-0.1, -0.05) is 23.7 Å². The monoisotopic (exact) mass is 308 g/mol. The molecule has 2 nitrogen and oxygen atoms in total. The van der Waals surface area contributed by atoms with Crippen molar-refractivity contribution in [1.82, 2.24) is 4.98 Å². The van der Waals surface area contributed by atoms with E-state index in [1.807, 2.05) is 19.1 Å². The van der Waals surface area contributed by atoms with Crippen LogP contribution in [0.15, 0.2) is 35.4 Å². The van der Waals surface area contributed by atoms with E-state index in [1.54, 1.807) is 24.0 Å². The number of anilines is 1. The van der Waals surface area contributed by atoms with Crippen LogP contribution < -0.4 is 5.32 Å². The van der Waals surface area contributed by atoms with E-state index >= 15 is 0 Å². The lowest BCUT2D eigenvalue weighted by Gasteiger charge is -2.27. The quantitative estimate of drug-likeness (QED) is 0.804. The molecule has 104 valence electrons. The van der Waals surface area contributed by atoms with E-state index in [1.165, 1.54) is 6.07 Å². The van der Waals surface area contributed by atoms with Gasteiger partial charge in [-0.15, -0.1) is 11.8 Å². The van der Waals surface area contributed by atoms with Gasteiger partial charge in [0.25, 0.3) is 0 Å². The maximum atomic E-state index is 13.8. The van der Waals surface area contributed by atoms with Crippen molar-refractivity contribution in [2.45, 2.75) is 24.3 Å². The highest BCUT2D eigenvalue weighted by Crippen LogP contribution is 2.40.